The first-order chi connectivity index (χ1) is 11.5. The first-order valence-corrected chi connectivity index (χ1v) is 12.7. The molecule has 148 valence electrons. The van der Waals surface area contributed by atoms with Crippen LogP contribution in [0, 0.1) is 22.7 Å². The van der Waals surface area contributed by atoms with Gasteiger partial charge in [-0.2, -0.15) is 0 Å². The van der Waals surface area contributed by atoms with E-state index >= 15 is 0 Å². The summed E-state index contributed by atoms with van der Waals surface area (Å²) in [7, 11) is 0. The quantitative estimate of drug-likeness (QED) is 0.209. The Hall–Kier alpha value is 1.38. The summed E-state index contributed by atoms with van der Waals surface area (Å²) in [6.45, 7) is 9.48. The van der Waals surface area contributed by atoms with Crippen LogP contribution >= 0.6 is 45.2 Å². The van der Waals surface area contributed by atoms with E-state index < -0.39 is 0 Å². The van der Waals surface area contributed by atoms with E-state index in [1.54, 1.807) is 0 Å². The average Bonchev–Trinajstić information content (AvgIpc) is 2.50. The van der Waals surface area contributed by atoms with Crippen LogP contribution in [0.25, 0.3) is 0 Å². The van der Waals surface area contributed by atoms with Crippen LogP contribution in [-0.2, 0) is 0 Å². The average molecular weight is 574 g/mol. The SMILES string of the molecule is CCCC1(C)CCCC(CC2CCCC(C)(CCC)C2(N)I)C1(N)I. The third kappa shape index (κ3) is 4.21. The summed E-state index contributed by atoms with van der Waals surface area (Å²) < 4.78 is -0.186. The maximum atomic E-state index is 7.06. The van der Waals surface area contributed by atoms with Gasteiger partial charge in [-0.05, 0) is 67.6 Å². The molecule has 0 saturated heterocycles. The molecule has 6 atom stereocenters. The second-order valence-electron chi connectivity index (χ2n) is 9.57. The normalized spacial score (nSPS) is 48.5. The van der Waals surface area contributed by atoms with Gasteiger partial charge in [-0.1, -0.05) is 98.6 Å². The molecule has 0 aliphatic heterocycles. The predicted octanol–water partition coefficient (Wildman–Crippen LogP) is 6.77. The van der Waals surface area contributed by atoms with Crippen molar-refractivity contribution in [1.82, 2.24) is 0 Å². The van der Waals surface area contributed by atoms with Crippen LogP contribution in [0.15, 0.2) is 0 Å². The van der Waals surface area contributed by atoms with Gasteiger partial charge >= 0.3 is 0 Å². The highest BCUT2D eigenvalue weighted by atomic mass is 127. The molecule has 2 saturated carbocycles. The van der Waals surface area contributed by atoms with Crippen LogP contribution in [-0.4, -0.2) is 7.09 Å². The van der Waals surface area contributed by atoms with Crippen LogP contribution < -0.4 is 11.5 Å². The van der Waals surface area contributed by atoms with Crippen molar-refractivity contribution in [3.63, 3.8) is 0 Å². The van der Waals surface area contributed by atoms with Crippen LogP contribution in [0.2, 0.25) is 0 Å². The zero-order valence-corrected chi connectivity index (χ0v) is 21.2. The summed E-state index contributed by atoms with van der Waals surface area (Å²) in [5, 5.41) is 0. The minimum absolute atomic E-state index is 0.0929. The molecule has 2 rings (SSSR count). The maximum absolute atomic E-state index is 7.06. The highest BCUT2D eigenvalue weighted by Gasteiger charge is 2.55. The molecule has 0 aromatic carbocycles. The molecule has 2 aliphatic carbocycles. The largest absolute Gasteiger partial charge is 0.316 e. The molecule has 2 fully saturated rings. The molecule has 0 heterocycles. The highest BCUT2D eigenvalue weighted by molar-refractivity contribution is 14.1. The topological polar surface area (TPSA) is 52.0 Å². The van der Waals surface area contributed by atoms with Crippen molar-refractivity contribution >= 4 is 45.2 Å². The zero-order chi connectivity index (χ0) is 18.9. The number of rotatable bonds is 6. The number of alkyl halides is 2. The van der Waals surface area contributed by atoms with E-state index in [0.29, 0.717) is 11.8 Å². The smallest absolute Gasteiger partial charge is 0.0763 e. The first kappa shape index (κ1) is 22.7. The van der Waals surface area contributed by atoms with Crippen molar-refractivity contribution in [3.05, 3.63) is 0 Å². The van der Waals surface area contributed by atoms with Crippen molar-refractivity contribution in [2.45, 2.75) is 105 Å². The van der Waals surface area contributed by atoms with Gasteiger partial charge in [0.15, 0.2) is 0 Å². The maximum Gasteiger partial charge on any atom is 0.0763 e. The van der Waals surface area contributed by atoms with Gasteiger partial charge in [0, 0.05) is 0 Å². The summed E-state index contributed by atoms with van der Waals surface area (Å²) >= 11 is 5.25. The fourth-order valence-electron chi connectivity index (χ4n) is 5.93. The molecule has 4 heteroatoms. The molecule has 0 aromatic heterocycles. The molecule has 2 aliphatic rings. The summed E-state index contributed by atoms with van der Waals surface area (Å²) in [6, 6.07) is 0. The minimum Gasteiger partial charge on any atom is -0.316 e. The lowest BCUT2D eigenvalue weighted by molar-refractivity contribution is 0.0420. The number of hydrogen-bond acceptors (Lipinski definition) is 2. The molecule has 0 aromatic rings. The summed E-state index contributed by atoms with van der Waals surface area (Å²) in [5.74, 6) is 1.20. The Bertz CT molecular complexity index is 403. The Morgan fingerprint density at radius 3 is 1.48 bits per heavy atom. The molecule has 2 nitrogen and oxygen atoms in total. The van der Waals surface area contributed by atoms with Gasteiger partial charge in [0.1, 0.15) is 0 Å². The van der Waals surface area contributed by atoms with Crippen molar-refractivity contribution in [1.29, 1.82) is 0 Å². The van der Waals surface area contributed by atoms with E-state index in [1.165, 1.54) is 70.6 Å². The Morgan fingerprint density at radius 1 is 0.800 bits per heavy atom. The fraction of sp³-hybridized carbons (Fsp3) is 1.00. The van der Waals surface area contributed by atoms with Gasteiger partial charge in [-0.15, -0.1) is 0 Å². The van der Waals surface area contributed by atoms with Crippen molar-refractivity contribution in [3.8, 4) is 0 Å². The van der Waals surface area contributed by atoms with Crippen LogP contribution in [0.1, 0.15) is 98.3 Å². The molecule has 6 unspecified atom stereocenters. The third-order valence-corrected chi connectivity index (χ3v) is 12.1. The Balaban J connectivity index is 2.19. The van der Waals surface area contributed by atoms with E-state index in [0.717, 1.165) is 0 Å². The number of halogens is 2. The second kappa shape index (κ2) is 8.40. The Kier molecular flexibility index (Phi) is 7.62. The van der Waals surface area contributed by atoms with Gasteiger partial charge < -0.3 is 11.5 Å². The lowest BCUT2D eigenvalue weighted by Crippen LogP contribution is -2.60. The lowest BCUT2D eigenvalue weighted by Gasteiger charge is -2.56. The Labute approximate surface area is 183 Å². The van der Waals surface area contributed by atoms with Gasteiger partial charge in [-0.25, -0.2) is 0 Å². The summed E-state index contributed by atoms with van der Waals surface area (Å²) in [6.07, 6.45) is 14.0. The molecule has 0 radical (unpaired) electrons. The number of nitrogens with two attached hydrogens (primary N) is 2. The van der Waals surface area contributed by atoms with E-state index in [1.807, 2.05) is 0 Å². The molecule has 0 spiro atoms. The van der Waals surface area contributed by atoms with Gasteiger partial charge in [-0.3, -0.25) is 0 Å². The van der Waals surface area contributed by atoms with Gasteiger partial charge in [0.2, 0.25) is 0 Å². The monoisotopic (exact) mass is 574 g/mol. The highest BCUT2D eigenvalue weighted by Crippen LogP contribution is 2.58. The van der Waals surface area contributed by atoms with Crippen molar-refractivity contribution in [2.24, 2.45) is 34.1 Å². The molecule has 0 bridgehead atoms. The van der Waals surface area contributed by atoms with Crippen molar-refractivity contribution < 1.29 is 0 Å². The van der Waals surface area contributed by atoms with Gasteiger partial charge in [0.05, 0.1) is 7.09 Å². The van der Waals surface area contributed by atoms with E-state index in [2.05, 4.69) is 72.9 Å². The molecule has 0 amide bonds. The second-order valence-corrected chi connectivity index (χ2v) is 13.1. The fourth-order valence-corrected chi connectivity index (χ4v) is 8.14. The summed E-state index contributed by atoms with van der Waals surface area (Å²) in [5.41, 5.74) is 14.7. The first-order valence-electron chi connectivity index (χ1n) is 10.5. The lowest BCUT2D eigenvalue weighted by atomic mass is 9.59. The van der Waals surface area contributed by atoms with Crippen LogP contribution in [0.5, 0.6) is 0 Å². The molecular weight excluding hydrogens is 534 g/mol. The Morgan fingerprint density at radius 2 is 1.16 bits per heavy atom. The standard InChI is InChI=1S/C21H40I2N2/c1-5-11-18(3)13-7-9-16(20(18,22)24)15-17-10-8-14-19(4,12-6-2)21(17,23)25/h16-17H,5-15,24-25H2,1-4H3. The van der Waals surface area contributed by atoms with Crippen molar-refractivity contribution in [2.75, 3.05) is 0 Å². The van der Waals surface area contributed by atoms with E-state index in [-0.39, 0.29) is 17.9 Å². The van der Waals surface area contributed by atoms with Crippen LogP contribution in [0.3, 0.4) is 0 Å². The molecule has 25 heavy (non-hydrogen) atoms. The summed E-state index contributed by atoms with van der Waals surface area (Å²) in [4.78, 5) is 0. The third-order valence-electron chi connectivity index (χ3n) is 7.77. The predicted molar refractivity (Wildman–Crippen MR) is 127 cm³/mol. The number of hydrogen-bond donors (Lipinski definition) is 2. The molecule has 4 N–H and O–H groups in total. The zero-order valence-electron chi connectivity index (χ0n) is 16.8. The van der Waals surface area contributed by atoms with Crippen LogP contribution in [0.4, 0.5) is 0 Å². The minimum atomic E-state index is -0.0929. The van der Waals surface area contributed by atoms with E-state index in [4.69, 9.17) is 11.5 Å². The molecular formula is C21H40I2N2. The van der Waals surface area contributed by atoms with Gasteiger partial charge in [0.25, 0.3) is 0 Å². The van der Waals surface area contributed by atoms with E-state index in [9.17, 15) is 0 Å².